The molecule has 0 radical (unpaired) electrons. The van der Waals surface area contributed by atoms with Crippen molar-refractivity contribution in [3.05, 3.63) is 54.1 Å². The summed E-state index contributed by atoms with van der Waals surface area (Å²) in [6.45, 7) is 10.3. The van der Waals surface area contributed by atoms with Gasteiger partial charge in [0.05, 0.1) is 18.8 Å². The number of carbonyl (C=O) groups is 1. The number of benzene rings is 2. The Bertz CT molecular complexity index is 777. The van der Waals surface area contributed by atoms with Crippen molar-refractivity contribution in [2.24, 2.45) is 11.8 Å². The number of hydrogen-bond donors (Lipinski definition) is 0. The van der Waals surface area contributed by atoms with Crippen molar-refractivity contribution in [2.45, 2.75) is 85.5 Å². The minimum Gasteiger partial charge on any atom is -0.494 e. The van der Waals surface area contributed by atoms with Crippen molar-refractivity contribution in [1.82, 2.24) is 0 Å². The predicted molar refractivity (Wildman–Crippen MR) is 139 cm³/mol. The first-order valence-corrected chi connectivity index (χ1v) is 13.0. The highest BCUT2D eigenvalue weighted by atomic mass is 16.5. The van der Waals surface area contributed by atoms with E-state index in [-0.39, 0.29) is 5.97 Å². The Balaban J connectivity index is 1.73. The molecule has 33 heavy (non-hydrogen) atoms. The summed E-state index contributed by atoms with van der Waals surface area (Å²) in [6.07, 6.45) is 10.9. The van der Waals surface area contributed by atoms with Crippen molar-refractivity contribution in [3.8, 4) is 16.9 Å². The number of esters is 1. The number of unbranched alkanes of at least 4 members (excludes halogenated alkanes) is 4. The second-order valence-corrected chi connectivity index (χ2v) is 9.72. The zero-order valence-corrected chi connectivity index (χ0v) is 21.3. The largest absolute Gasteiger partial charge is 0.494 e. The van der Waals surface area contributed by atoms with Gasteiger partial charge >= 0.3 is 5.97 Å². The molecule has 0 fully saturated rings. The molecule has 0 bridgehead atoms. The van der Waals surface area contributed by atoms with Crippen LogP contribution in [0, 0.1) is 11.8 Å². The summed E-state index contributed by atoms with van der Waals surface area (Å²) in [5, 5.41) is 0. The molecule has 0 aromatic heterocycles. The van der Waals surface area contributed by atoms with Crippen molar-refractivity contribution in [1.29, 1.82) is 0 Å². The molecule has 0 spiro atoms. The van der Waals surface area contributed by atoms with E-state index in [0.717, 1.165) is 42.2 Å². The minimum atomic E-state index is -0.237. The van der Waals surface area contributed by atoms with Gasteiger partial charge in [-0.2, -0.15) is 0 Å². The summed E-state index contributed by atoms with van der Waals surface area (Å²) < 4.78 is 11.4. The van der Waals surface area contributed by atoms with E-state index >= 15 is 0 Å². The molecule has 2 rings (SSSR count). The van der Waals surface area contributed by atoms with Gasteiger partial charge in [-0.05, 0) is 60.1 Å². The maximum absolute atomic E-state index is 12.4. The van der Waals surface area contributed by atoms with E-state index in [1.165, 1.54) is 44.9 Å². The van der Waals surface area contributed by atoms with Gasteiger partial charge in [-0.15, -0.1) is 0 Å². The van der Waals surface area contributed by atoms with Crippen LogP contribution in [-0.2, 0) is 4.74 Å². The Morgan fingerprint density at radius 1 is 0.727 bits per heavy atom. The topological polar surface area (TPSA) is 35.5 Å². The third-order valence-electron chi connectivity index (χ3n) is 6.15. The Hall–Kier alpha value is -2.29. The Kier molecular flexibility index (Phi) is 12.7. The molecule has 2 aromatic rings. The SMILES string of the molecule is CCCCCCCOc1ccc(-c2ccc(C(=O)OCCC(C)CCCC(C)C)cc2)cc1. The van der Waals surface area contributed by atoms with Crippen LogP contribution in [0.2, 0.25) is 0 Å². The summed E-state index contributed by atoms with van der Waals surface area (Å²) in [4.78, 5) is 12.4. The maximum atomic E-state index is 12.4. The molecule has 1 unspecified atom stereocenters. The van der Waals surface area contributed by atoms with E-state index in [1.807, 2.05) is 36.4 Å². The number of ether oxygens (including phenoxy) is 2. The van der Waals surface area contributed by atoms with Crippen LogP contribution in [0.1, 0.15) is 95.8 Å². The van der Waals surface area contributed by atoms with E-state index in [4.69, 9.17) is 9.47 Å². The first kappa shape index (κ1) is 27.0. The molecule has 0 aliphatic heterocycles. The molecular weight excluding hydrogens is 408 g/mol. The second kappa shape index (κ2) is 15.5. The Morgan fingerprint density at radius 3 is 2.00 bits per heavy atom. The Labute approximate surface area is 201 Å². The maximum Gasteiger partial charge on any atom is 0.338 e. The summed E-state index contributed by atoms with van der Waals surface area (Å²) in [5.74, 6) is 2.02. The predicted octanol–water partition coefficient (Wildman–Crippen LogP) is 8.71. The van der Waals surface area contributed by atoms with Crippen molar-refractivity contribution in [2.75, 3.05) is 13.2 Å². The average Bonchev–Trinajstić information content (AvgIpc) is 2.81. The standard InChI is InChI=1S/C30H44O3/c1-5-6-7-8-9-22-32-29-19-17-27(18-20-29)26-13-15-28(16-14-26)30(31)33-23-21-25(4)12-10-11-24(2)3/h13-20,24-25H,5-12,21-23H2,1-4H3. The third-order valence-corrected chi connectivity index (χ3v) is 6.15. The third kappa shape index (κ3) is 10.9. The lowest BCUT2D eigenvalue weighted by Gasteiger charge is -2.12. The smallest absolute Gasteiger partial charge is 0.338 e. The monoisotopic (exact) mass is 452 g/mol. The van der Waals surface area contributed by atoms with Gasteiger partial charge in [0.1, 0.15) is 5.75 Å². The normalized spacial score (nSPS) is 12.0. The summed E-state index contributed by atoms with van der Waals surface area (Å²) in [7, 11) is 0. The van der Waals surface area contributed by atoms with Crippen LogP contribution in [0.15, 0.2) is 48.5 Å². The van der Waals surface area contributed by atoms with Gasteiger partial charge < -0.3 is 9.47 Å². The molecule has 0 N–H and O–H groups in total. The molecule has 1 atom stereocenters. The fourth-order valence-electron chi connectivity index (χ4n) is 3.89. The molecular formula is C30H44O3. The van der Waals surface area contributed by atoms with E-state index in [0.29, 0.717) is 18.1 Å². The van der Waals surface area contributed by atoms with Crippen LogP contribution in [0.3, 0.4) is 0 Å². The first-order valence-electron chi connectivity index (χ1n) is 13.0. The summed E-state index contributed by atoms with van der Waals surface area (Å²) in [5.41, 5.74) is 2.80. The molecule has 0 saturated carbocycles. The van der Waals surface area contributed by atoms with E-state index in [9.17, 15) is 4.79 Å². The van der Waals surface area contributed by atoms with Crippen molar-refractivity contribution in [3.63, 3.8) is 0 Å². The summed E-state index contributed by atoms with van der Waals surface area (Å²) >= 11 is 0. The van der Waals surface area contributed by atoms with Gasteiger partial charge in [0.2, 0.25) is 0 Å². The zero-order chi connectivity index (χ0) is 23.9. The zero-order valence-electron chi connectivity index (χ0n) is 21.3. The van der Waals surface area contributed by atoms with E-state index < -0.39 is 0 Å². The molecule has 3 heteroatoms. The molecule has 0 saturated heterocycles. The minimum absolute atomic E-state index is 0.237. The highest BCUT2D eigenvalue weighted by Crippen LogP contribution is 2.23. The molecule has 0 amide bonds. The van der Waals surface area contributed by atoms with Gasteiger partial charge in [0, 0.05) is 0 Å². The number of hydrogen-bond acceptors (Lipinski definition) is 3. The lowest BCUT2D eigenvalue weighted by Crippen LogP contribution is -2.09. The van der Waals surface area contributed by atoms with Crippen LogP contribution >= 0.6 is 0 Å². The second-order valence-electron chi connectivity index (χ2n) is 9.72. The Morgan fingerprint density at radius 2 is 1.36 bits per heavy atom. The van der Waals surface area contributed by atoms with Gasteiger partial charge in [-0.25, -0.2) is 4.79 Å². The van der Waals surface area contributed by atoms with Crippen LogP contribution in [0.4, 0.5) is 0 Å². The molecule has 0 aliphatic rings. The average molecular weight is 453 g/mol. The van der Waals surface area contributed by atoms with E-state index in [1.54, 1.807) is 0 Å². The van der Waals surface area contributed by atoms with E-state index in [2.05, 4.69) is 39.8 Å². The van der Waals surface area contributed by atoms with Gasteiger partial charge in [-0.1, -0.05) is 96.9 Å². The van der Waals surface area contributed by atoms with Crippen LogP contribution in [0.5, 0.6) is 5.75 Å². The first-order chi connectivity index (χ1) is 16.0. The molecule has 0 heterocycles. The van der Waals surface area contributed by atoms with Crippen LogP contribution < -0.4 is 4.74 Å². The highest BCUT2D eigenvalue weighted by Gasteiger charge is 2.10. The van der Waals surface area contributed by atoms with Gasteiger partial charge in [-0.3, -0.25) is 0 Å². The molecule has 3 nitrogen and oxygen atoms in total. The molecule has 2 aromatic carbocycles. The lowest BCUT2D eigenvalue weighted by atomic mass is 9.98. The summed E-state index contributed by atoms with van der Waals surface area (Å²) in [6, 6.07) is 15.8. The van der Waals surface area contributed by atoms with Gasteiger partial charge in [0.15, 0.2) is 0 Å². The fraction of sp³-hybridized carbons (Fsp3) is 0.567. The van der Waals surface area contributed by atoms with Crippen LogP contribution in [-0.4, -0.2) is 19.2 Å². The number of carbonyl (C=O) groups excluding carboxylic acids is 1. The molecule has 0 aliphatic carbocycles. The fourth-order valence-corrected chi connectivity index (χ4v) is 3.89. The number of rotatable bonds is 16. The van der Waals surface area contributed by atoms with Crippen LogP contribution in [0.25, 0.3) is 11.1 Å². The van der Waals surface area contributed by atoms with Gasteiger partial charge in [0.25, 0.3) is 0 Å². The highest BCUT2D eigenvalue weighted by molar-refractivity contribution is 5.90. The quantitative estimate of drug-likeness (QED) is 0.189. The molecule has 182 valence electrons. The van der Waals surface area contributed by atoms with Crippen molar-refractivity contribution < 1.29 is 14.3 Å². The lowest BCUT2D eigenvalue weighted by molar-refractivity contribution is 0.0483. The van der Waals surface area contributed by atoms with Crippen molar-refractivity contribution >= 4 is 5.97 Å².